The molecule has 0 spiro atoms. The Labute approximate surface area is 178 Å². The summed E-state index contributed by atoms with van der Waals surface area (Å²) in [5.41, 5.74) is 2.25. The third-order valence-electron chi connectivity index (χ3n) is 5.64. The molecule has 1 fully saturated rings. The normalized spacial score (nSPS) is 19.4. The van der Waals surface area contributed by atoms with Crippen LogP contribution in [0.25, 0.3) is 11.4 Å². The van der Waals surface area contributed by atoms with Gasteiger partial charge in [-0.15, -0.1) is 10.2 Å². The van der Waals surface area contributed by atoms with Crippen LogP contribution in [0.5, 0.6) is 0 Å². The van der Waals surface area contributed by atoms with Gasteiger partial charge in [-0.1, -0.05) is 25.6 Å². The van der Waals surface area contributed by atoms with Gasteiger partial charge in [-0.05, 0) is 56.4 Å². The Morgan fingerprint density at radius 2 is 1.72 bits per heavy atom. The average molecular weight is 416 g/mol. The van der Waals surface area contributed by atoms with Crippen LogP contribution in [0.4, 0.5) is 5.69 Å². The van der Waals surface area contributed by atoms with Gasteiger partial charge in [0.15, 0.2) is 11.0 Å². The third kappa shape index (κ3) is 5.13. The topological polar surface area (TPSA) is 54.3 Å². The number of hydrogen-bond acceptors (Lipinski definition) is 5. The van der Waals surface area contributed by atoms with Gasteiger partial charge in [0.1, 0.15) is 0 Å². The second-order valence-corrected chi connectivity index (χ2v) is 9.06. The van der Waals surface area contributed by atoms with E-state index in [9.17, 15) is 4.79 Å². The molecule has 29 heavy (non-hydrogen) atoms. The molecule has 2 heterocycles. The van der Waals surface area contributed by atoms with E-state index >= 15 is 0 Å². The highest BCUT2D eigenvalue weighted by Gasteiger charge is 2.25. The van der Waals surface area contributed by atoms with Crippen LogP contribution in [-0.2, 0) is 11.8 Å². The predicted molar refractivity (Wildman–Crippen MR) is 120 cm³/mol. The quantitative estimate of drug-likeness (QED) is 0.642. The van der Waals surface area contributed by atoms with Crippen molar-refractivity contribution in [2.45, 2.75) is 39.3 Å². The molecule has 1 saturated heterocycles. The zero-order chi connectivity index (χ0) is 21.0. The van der Waals surface area contributed by atoms with Gasteiger partial charge in [0.05, 0.1) is 5.75 Å². The number of thioether (sulfide) groups is 1. The molecule has 6 nitrogen and oxygen atoms in total. The molecule has 1 aromatic carbocycles. The lowest BCUT2D eigenvalue weighted by molar-refractivity contribution is -0.130. The van der Waals surface area contributed by atoms with Gasteiger partial charge in [-0.25, -0.2) is 0 Å². The van der Waals surface area contributed by atoms with Crippen molar-refractivity contribution >= 4 is 23.4 Å². The summed E-state index contributed by atoms with van der Waals surface area (Å²) in [6.07, 6.45) is 1.20. The number of aromatic nitrogens is 3. The van der Waals surface area contributed by atoms with Crippen molar-refractivity contribution in [2.75, 3.05) is 36.8 Å². The highest BCUT2D eigenvalue weighted by Crippen LogP contribution is 2.26. The fourth-order valence-corrected chi connectivity index (χ4v) is 5.00. The van der Waals surface area contributed by atoms with E-state index in [0.717, 1.165) is 42.7 Å². The van der Waals surface area contributed by atoms with Crippen LogP contribution in [0.15, 0.2) is 29.4 Å². The monoisotopic (exact) mass is 415 g/mol. The molecule has 7 heteroatoms. The second-order valence-electron chi connectivity index (χ2n) is 8.12. The van der Waals surface area contributed by atoms with E-state index in [1.807, 2.05) is 16.5 Å². The van der Waals surface area contributed by atoms with Crippen molar-refractivity contribution in [3.63, 3.8) is 0 Å². The highest BCUT2D eigenvalue weighted by molar-refractivity contribution is 7.99. The molecule has 0 bridgehead atoms. The van der Waals surface area contributed by atoms with Gasteiger partial charge in [-0.3, -0.25) is 4.79 Å². The number of amides is 1. The molecule has 1 amide bonds. The molecular formula is C22H33N5OS. The maximum Gasteiger partial charge on any atom is 0.233 e. The molecule has 0 N–H and O–H groups in total. The van der Waals surface area contributed by atoms with Gasteiger partial charge in [-0.2, -0.15) is 0 Å². The number of piperidine rings is 1. The van der Waals surface area contributed by atoms with Crippen LogP contribution in [0.1, 0.15) is 34.1 Å². The number of carbonyl (C=O) groups is 1. The zero-order valence-electron chi connectivity index (χ0n) is 18.3. The zero-order valence-corrected chi connectivity index (χ0v) is 19.1. The minimum atomic E-state index is 0.196. The van der Waals surface area contributed by atoms with Gasteiger partial charge in [0.2, 0.25) is 5.91 Å². The van der Waals surface area contributed by atoms with E-state index < -0.39 is 0 Å². The second kappa shape index (κ2) is 9.65. The van der Waals surface area contributed by atoms with Crippen molar-refractivity contribution in [3.8, 4) is 11.4 Å². The lowest BCUT2D eigenvalue weighted by Gasteiger charge is -2.34. The molecule has 158 valence electrons. The first-order valence-corrected chi connectivity index (χ1v) is 11.6. The van der Waals surface area contributed by atoms with E-state index in [1.165, 1.54) is 23.9 Å². The first-order valence-electron chi connectivity index (χ1n) is 10.6. The number of anilines is 1. The number of benzene rings is 1. The minimum absolute atomic E-state index is 0.196. The molecule has 2 unspecified atom stereocenters. The Bertz CT molecular complexity index is 805. The van der Waals surface area contributed by atoms with Gasteiger partial charge >= 0.3 is 0 Å². The van der Waals surface area contributed by atoms with Gasteiger partial charge < -0.3 is 14.4 Å². The number of rotatable bonds is 7. The Morgan fingerprint density at radius 1 is 1.10 bits per heavy atom. The first kappa shape index (κ1) is 21.7. The maximum atomic E-state index is 12.7. The fourth-order valence-electron chi connectivity index (χ4n) is 4.19. The Hall–Kier alpha value is -2.02. The largest absolute Gasteiger partial charge is 0.372 e. The summed E-state index contributed by atoms with van der Waals surface area (Å²) in [6.45, 7) is 12.5. The Kier molecular flexibility index (Phi) is 7.22. The smallest absolute Gasteiger partial charge is 0.233 e. The van der Waals surface area contributed by atoms with E-state index in [0.29, 0.717) is 17.6 Å². The molecule has 1 aliphatic heterocycles. The summed E-state index contributed by atoms with van der Waals surface area (Å²) in [5, 5.41) is 9.47. The summed E-state index contributed by atoms with van der Waals surface area (Å²) in [4.78, 5) is 17.0. The molecule has 1 aliphatic rings. The summed E-state index contributed by atoms with van der Waals surface area (Å²) in [5.74, 6) is 2.58. The molecule has 0 aliphatic carbocycles. The molecular weight excluding hydrogens is 382 g/mol. The van der Waals surface area contributed by atoms with Crippen LogP contribution >= 0.6 is 11.8 Å². The van der Waals surface area contributed by atoms with Crippen molar-refractivity contribution in [1.29, 1.82) is 0 Å². The minimum Gasteiger partial charge on any atom is -0.372 e. The lowest BCUT2D eigenvalue weighted by Crippen LogP contribution is -2.43. The number of hydrogen-bond donors (Lipinski definition) is 0. The van der Waals surface area contributed by atoms with Crippen molar-refractivity contribution in [3.05, 3.63) is 24.3 Å². The SMILES string of the molecule is CCN(CC)c1ccc(-c2nnc(SCC(=O)N3CC(C)CC(C)C3)n2C)cc1. The van der Waals surface area contributed by atoms with Crippen LogP contribution < -0.4 is 4.90 Å². The lowest BCUT2D eigenvalue weighted by atomic mass is 9.92. The van der Waals surface area contributed by atoms with Crippen LogP contribution in [0.3, 0.4) is 0 Å². The van der Waals surface area contributed by atoms with Crippen LogP contribution in [-0.4, -0.2) is 57.5 Å². The fraction of sp³-hybridized carbons (Fsp3) is 0.591. The maximum absolute atomic E-state index is 12.7. The molecule has 3 rings (SSSR count). The Balaban J connectivity index is 1.64. The first-order chi connectivity index (χ1) is 13.9. The molecule has 0 radical (unpaired) electrons. The van der Waals surface area contributed by atoms with Crippen molar-refractivity contribution in [2.24, 2.45) is 18.9 Å². The third-order valence-corrected chi connectivity index (χ3v) is 6.64. The van der Waals surface area contributed by atoms with Gasteiger partial charge in [0.25, 0.3) is 0 Å². The molecule has 0 saturated carbocycles. The van der Waals surface area contributed by atoms with E-state index in [2.05, 4.69) is 67.1 Å². The molecule has 2 aromatic rings. The highest BCUT2D eigenvalue weighted by atomic mass is 32.2. The average Bonchev–Trinajstić information content (AvgIpc) is 3.07. The van der Waals surface area contributed by atoms with E-state index in [1.54, 1.807) is 0 Å². The Morgan fingerprint density at radius 3 is 2.31 bits per heavy atom. The van der Waals surface area contributed by atoms with Gasteiger partial charge in [0, 0.05) is 44.5 Å². The van der Waals surface area contributed by atoms with Crippen molar-refractivity contribution < 1.29 is 4.79 Å². The number of likely N-dealkylation sites (tertiary alicyclic amines) is 1. The molecule has 2 atom stereocenters. The van der Waals surface area contributed by atoms with Crippen LogP contribution in [0, 0.1) is 11.8 Å². The number of carbonyl (C=O) groups excluding carboxylic acids is 1. The van der Waals surface area contributed by atoms with Crippen molar-refractivity contribution in [1.82, 2.24) is 19.7 Å². The number of nitrogens with zero attached hydrogens (tertiary/aromatic N) is 5. The van der Waals surface area contributed by atoms with E-state index in [4.69, 9.17) is 0 Å². The molecule has 1 aromatic heterocycles. The summed E-state index contributed by atoms with van der Waals surface area (Å²) in [7, 11) is 1.96. The van der Waals surface area contributed by atoms with E-state index in [-0.39, 0.29) is 5.91 Å². The summed E-state index contributed by atoms with van der Waals surface area (Å²) < 4.78 is 1.98. The van der Waals surface area contributed by atoms with Crippen LogP contribution in [0.2, 0.25) is 0 Å². The summed E-state index contributed by atoms with van der Waals surface area (Å²) >= 11 is 1.47. The standard InChI is InChI=1S/C22H33N5OS/c1-6-26(7-2)19-10-8-18(9-11-19)21-23-24-22(25(21)5)29-15-20(28)27-13-16(3)12-17(4)14-27/h8-11,16-17H,6-7,12-15H2,1-5H3. The summed E-state index contributed by atoms with van der Waals surface area (Å²) in [6, 6.07) is 8.44. The predicted octanol–water partition coefficient (Wildman–Crippen LogP) is 3.92.